The number of hydrogen-bond acceptors (Lipinski definition) is 4. The van der Waals surface area contributed by atoms with E-state index in [1.165, 1.54) is 31.4 Å². The minimum absolute atomic E-state index is 0.0739. The highest BCUT2D eigenvalue weighted by Crippen LogP contribution is 2.16. The summed E-state index contributed by atoms with van der Waals surface area (Å²) in [5.41, 5.74) is 0. The predicted octanol–water partition coefficient (Wildman–Crippen LogP) is 3.10. The van der Waals surface area contributed by atoms with E-state index in [1.54, 1.807) is 0 Å². The maximum atomic E-state index is 12.1. The van der Waals surface area contributed by atoms with E-state index in [0.29, 0.717) is 12.8 Å². The molecule has 140 valence electrons. The van der Waals surface area contributed by atoms with Crippen LogP contribution >= 0.6 is 0 Å². The molecule has 6 heteroatoms. The van der Waals surface area contributed by atoms with Gasteiger partial charge in [-0.15, -0.1) is 0 Å². The van der Waals surface area contributed by atoms with Crippen LogP contribution in [-0.2, 0) is 19.2 Å². The van der Waals surface area contributed by atoms with Gasteiger partial charge < -0.3 is 5.11 Å². The van der Waals surface area contributed by atoms with Crippen LogP contribution in [0.2, 0.25) is 0 Å². The maximum absolute atomic E-state index is 12.1. The molecule has 1 N–H and O–H groups in total. The average molecular weight is 351 g/mol. The molecule has 1 unspecified atom stereocenters. The topological polar surface area (TPSA) is 91.8 Å². The van der Waals surface area contributed by atoms with E-state index >= 15 is 0 Å². The summed E-state index contributed by atoms with van der Waals surface area (Å²) in [4.78, 5) is 47.4. The minimum Gasteiger partial charge on any atom is -0.481 e. The van der Waals surface area contributed by atoms with Gasteiger partial charge in [0.15, 0.2) is 0 Å². The number of imide groups is 1. The first kappa shape index (κ1) is 21.1. The summed E-state index contributed by atoms with van der Waals surface area (Å²) in [5, 5.41) is 9.26. The van der Waals surface area contributed by atoms with E-state index in [0.717, 1.165) is 30.6 Å². The van der Waals surface area contributed by atoms with Gasteiger partial charge in [0.1, 0.15) is 11.7 Å². The van der Waals surface area contributed by atoms with Crippen LogP contribution < -0.4 is 0 Å². The third-order valence-electron chi connectivity index (χ3n) is 4.49. The van der Waals surface area contributed by atoms with Crippen molar-refractivity contribution in [3.63, 3.8) is 0 Å². The molecule has 0 aromatic heterocycles. The fourth-order valence-corrected chi connectivity index (χ4v) is 2.96. The van der Waals surface area contributed by atoms with Gasteiger partial charge in [0, 0.05) is 25.1 Å². The lowest BCUT2D eigenvalue weighted by molar-refractivity contribution is -0.147. The molecule has 2 amide bonds. The molecule has 6 nitrogen and oxygen atoms in total. The lowest BCUT2D eigenvalue weighted by Gasteiger charge is -2.15. The van der Waals surface area contributed by atoms with E-state index in [9.17, 15) is 24.3 Å². The SMILES string of the molecule is CCCCCCCCCC(C(=O)O)C(=O)CCCN1C(=O)C=CC1=O. The largest absolute Gasteiger partial charge is 0.481 e. The lowest BCUT2D eigenvalue weighted by atomic mass is 9.93. The number of carbonyl (C=O) groups is 4. The summed E-state index contributed by atoms with van der Waals surface area (Å²) in [6, 6.07) is 0. The summed E-state index contributed by atoms with van der Waals surface area (Å²) in [6.07, 6.45) is 10.7. The highest BCUT2D eigenvalue weighted by Gasteiger charge is 2.27. The molecule has 25 heavy (non-hydrogen) atoms. The second-order valence-corrected chi connectivity index (χ2v) is 6.53. The Balaban J connectivity index is 2.25. The molecular weight excluding hydrogens is 322 g/mol. The fourth-order valence-electron chi connectivity index (χ4n) is 2.96. The quantitative estimate of drug-likeness (QED) is 0.295. The van der Waals surface area contributed by atoms with Gasteiger partial charge in [-0.25, -0.2) is 0 Å². The molecule has 0 saturated carbocycles. The van der Waals surface area contributed by atoms with Crippen molar-refractivity contribution in [1.29, 1.82) is 0 Å². The van der Waals surface area contributed by atoms with Crippen LogP contribution in [-0.4, -0.2) is 40.1 Å². The number of ketones is 1. The normalized spacial score (nSPS) is 15.0. The zero-order valence-corrected chi connectivity index (χ0v) is 15.0. The third kappa shape index (κ3) is 7.63. The average Bonchev–Trinajstić information content (AvgIpc) is 2.88. The first-order chi connectivity index (χ1) is 12.0. The molecule has 1 aliphatic rings. The molecule has 0 aromatic carbocycles. The Bertz CT molecular complexity index is 494. The first-order valence-electron chi connectivity index (χ1n) is 9.26. The number of carboxylic acids is 1. The molecule has 0 bridgehead atoms. The van der Waals surface area contributed by atoms with Gasteiger partial charge in [-0.1, -0.05) is 51.9 Å². The Kier molecular flexibility index (Phi) is 9.73. The Labute approximate surface area is 149 Å². The number of aliphatic carboxylic acids is 1. The van der Waals surface area contributed by atoms with Crippen molar-refractivity contribution in [2.75, 3.05) is 6.54 Å². The van der Waals surface area contributed by atoms with Crippen LogP contribution in [0.5, 0.6) is 0 Å². The molecule has 1 heterocycles. The molecule has 1 atom stereocenters. The fraction of sp³-hybridized carbons (Fsp3) is 0.684. The van der Waals surface area contributed by atoms with E-state index < -0.39 is 11.9 Å². The summed E-state index contributed by atoms with van der Waals surface area (Å²) >= 11 is 0. The molecule has 0 fully saturated rings. The van der Waals surface area contributed by atoms with Crippen LogP contribution in [0.3, 0.4) is 0 Å². The van der Waals surface area contributed by atoms with E-state index in [1.807, 2.05) is 0 Å². The highest BCUT2D eigenvalue weighted by molar-refractivity contribution is 6.12. The van der Waals surface area contributed by atoms with Crippen molar-refractivity contribution in [1.82, 2.24) is 4.90 Å². The molecule has 0 aliphatic carbocycles. The number of Topliss-reactive ketones (excluding diaryl/α,β-unsaturated/α-hetero) is 1. The monoisotopic (exact) mass is 351 g/mol. The van der Waals surface area contributed by atoms with Gasteiger partial charge in [0.2, 0.25) is 0 Å². The number of rotatable bonds is 14. The lowest BCUT2D eigenvalue weighted by Crippen LogP contribution is -2.32. The summed E-state index contributed by atoms with van der Waals surface area (Å²) in [5.74, 6) is -3.12. The smallest absolute Gasteiger partial charge is 0.314 e. The Morgan fingerprint density at radius 2 is 1.52 bits per heavy atom. The van der Waals surface area contributed by atoms with Crippen molar-refractivity contribution in [3.05, 3.63) is 12.2 Å². The van der Waals surface area contributed by atoms with Gasteiger partial charge in [0.25, 0.3) is 11.8 Å². The van der Waals surface area contributed by atoms with Gasteiger partial charge in [0.05, 0.1) is 0 Å². The van der Waals surface area contributed by atoms with Crippen LogP contribution in [0.25, 0.3) is 0 Å². The molecule has 0 spiro atoms. The molecule has 0 radical (unpaired) electrons. The van der Waals surface area contributed by atoms with Crippen molar-refractivity contribution >= 4 is 23.6 Å². The number of hydrogen-bond donors (Lipinski definition) is 1. The summed E-state index contributed by atoms with van der Waals surface area (Å²) < 4.78 is 0. The van der Waals surface area contributed by atoms with Gasteiger partial charge in [-0.2, -0.15) is 0 Å². The van der Waals surface area contributed by atoms with Crippen molar-refractivity contribution in [2.45, 2.75) is 71.1 Å². The molecule has 0 aromatic rings. The number of amides is 2. The van der Waals surface area contributed by atoms with Crippen molar-refractivity contribution in [3.8, 4) is 0 Å². The van der Waals surface area contributed by atoms with Crippen molar-refractivity contribution in [2.24, 2.45) is 5.92 Å². The zero-order valence-electron chi connectivity index (χ0n) is 15.0. The van der Waals surface area contributed by atoms with Crippen LogP contribution in [0, 0.1) is 5.92 Å². The number of nitrogens with zero attached hydrogens (tertiary/aromatic N) is 1. The molecular formula is C19H29NO5. The summed E-state index contributed by atoms with van der Waals surface area (Å²) in [6.45, 7) is 2.31. The van der Waals surface area contributed by atoms with E-state index in [2.05, 4.69) is 6.92 Å². The molecule has 1 aliphatic heterocycles. The van der Waals surface area contributed by atoms with Crippen LogP contribution in [0.1, 0.15) is 71.1 Å². The zero-order chi connectivity index (χ0) is 18.7. The molecule has 0 saturated heterocycles. The van der Waals surface area contributed by atoms with Crippen molar-refractivity contribution < 1.29 is 24.3 Å². The Morgan fingerprint density at radius 1 is 0.960 bits per heavy atom. The minimum atomic E-state index is -1.08. The highest BCUT2D eigenvalue weighted by atomic mass is 16.4. The molecule has 1 rings (SSSR count). The number of unbranched alkanes of at least 4 members (excludes halogenated alkanes) is 6. The first-order valence-corrected chi connectivity index (χ1v) is 9.26. The van der Waals surface area contributed by atoms with Gasteiger partial charge in [-0.3, -0.25) is 24.1 Å². The van der Waals surface area contributed by atoms with Crippen LogP contribution in [0.15, 0.2) is 12.2 Å². The van der Waals surface area contributed by atoms with Gasteiger partial charge in [-0.05, 0) is 12.8 Å². The van der Waals surface area contributed by atoms with Gasteiger partial charge >= 0.3 is 5.97 Å². The second kappa shape index (κ2) is 11.6. The maximum Gasteiger partial charge on any atom is 0.314 e. The van der Waals surface area contributed by atoms with E-state index in [-0.39, 0.29) is 30.6 Å². The summed E-state index contributed by atoms with van der Waals surface area (Å²) in [7, 11) is 0. The van der Waals surface area contributed by atoms with E-state index in [4.69, 9.17) is 0 Å². The second-order valence-electron chi connectivity index (χ2n) is 6.53. The number of carbonyl (C=O) groups excluding carboxylic acids is 3. The predicted molar refractivity (Wildman–Crippen MR) is 93.8 cm³/mol. The Morgan fingerprint density at radius 3 is 2.08 bits per heavy atom. The Hall–Kier alpha value is -1.98. The van der Waals surface area contributed by atoms with Crippen LogP contribution in [0.4, 0.5) is 0 Å². The standard InChI is InChI=1S/C19H29NO5/c1-2-3-4-5-6-7-8-10-15(19(24)25)16(21)11-9-14-20-17(22)12-13-18(20)23/h12-13,15H,2-11,14H2,1H3,(H,24,25). The third-order valence-corrected chi connectivity index (χ3v) is 4.49. The number of carboxylic acid groups (broad SMARTS) is 1.